The lowest BCUT2D eigenvalue weighted by Gasteiger charge is -2.33. The minimum atomic E-state index is -0.571. The molecule has 0 saturated carbocycles. The number of hydrogen-bond acceptors (Lipinski definition) is 5. The number of urea groups is 1. The van der Waals surface area contributed by atoms with E-state index >= 15 is 0 Å². The highest BCUT2D eigenvalue weighted by Gasteiger charge is 2.42. The van der Waals surface area contributed by atoms with Gasteiger partial charge < -0.3 is 19.7 Å². The van der Waals surface area contributed by atoms with E-state index in [0.717, 1.165) is 35.5 Å². The van der Waals surface area contributed by atoms with Crippen LogP contribution in [-0.2, 0) is 20.9 Å². The fourth-order valence-electron chi connectivity index (χ4n) is 4.54. The minimum absolute atomic E-state index is 0.0650. The zero-order valence-electron chi connectivity index (χ0n) is 18.4. The molecule has 0 bridgehead atoms. The molecule has 1 saturated heterocycles. The van der Waals surface area contributed by atoms with Gasteiger partial charge in [0.05, 0.1) is 30.5 Å². The van der Waals surface area contributed by atoms with E-state index in [1.165, 1.54) is 0 Å². The van der Waals surface area contributed by atoms with Crippen LogP contribution < -0.4 is 15.0 Å². The van der Waals surface area contributed by atoms with Crippen molar-refractivity contribution in [1.29, 1.82) is 0 Å². The summed E-state index contributed by atoms with van der Waals surface area (Å²) >= 11 is 0. The average molecular weight is 447 g/mol. The van der Waals surface area contributed by atoms with Crippen molar-refractivity contribution in [2.75, 3.05) is 24.7 Å². The van der Waals surface area contributed by atoms with Crippen LogP contribution in [0.3, 0.4) is 0 Å². The lowest BCUT2D eigenvalue weighted by Crippen LogP contribution is -2.46. The molecule has 2 aromatic carbocycles. The Kier molecular flexibility index (Phi) is 5.50. The lowest BCUT2D eigenvalue weighted by molar-refractivity contribution is -0.136. The molecule has 3 aliphatic heterocycles. The minimum Gasteiger partial charge on any atom is -0.494 e. The van der Waals surface area contributed by atoms with Crippen molar-refractivity contribution >= 4 is 23.6 Å². The molecule has 3 amide bonds. The second-order valence-electron chi connectivity index (χ2n) is 8.22. The molecule has 3 aliphatic rings. The van der Waals surface area contributed by atoms with Crippen molar-refractivity contribution < 1.29 is 23.9 Å². The van der Waals surface area contributed by atoms with Crippen LogP contribution in [0.2, 0.25) is 0 Å². The molecule has 0 unspecified atom stereocenters. The number of benzene rings is 2. The van der Waals surface area contributed by atoms with Gasteiger partial charge in [-0.2, -0.15) is 0 Å². The first kappa shape index (κ1) is 21.1. The van der Waals surface area contributed by atoms with Crippen molar-refractivity contribution in [3.63, 3.8) is 0 Å². The van der Waals surface area contributed by atoms with Crippen molar-refractivity contribution in [2.45, 2.75) is 32.4 Å². The molecule has 1 fully saturated rings. The van der Waals surface area contributed by atoms with Gasteiger partial charge >= 0.3 is 12.0 Å². The standard InChI is InChI=1S/C25H25N3O5/c1-2-32-19-11-7-17(8-12-19)23-22-20(15-33-24(22)30)28(25(31)26-23)14-16-5-9-18(10-6-16)27-13-3-4-21(27)29/h5-12,23H,2-4,13-15H2,1H3,(H,26,31)/t23-/m1/s1. The Hall–Kier alpha value is -3.81. The van der Waals surface area contributed by atoms with Crippen LogP contribution in [0.15, 0.2) is 59.8 Å². The number of carbonyl (C=O) groups is 3. The molecule has 1 atom stereocenters. The number of ether oxygens (including phenoxy) is 2. The Morgan fingerprint density at radius 1 is 1.06 bits per heavy atom. The predicted octanol–water partition coefficient (Wildman–Crippen LogP) is 3.29. The van der Waals surface area contributed by atoms with Crippen LogP contribution >= 0.6 is 0 Å². The summed E-state index contributed by atoms with van der Waals surface area (Å²) in [5, 5.41) is 2.95. The largest absolute Gasteiger partial charge is 0.494 e. The quantitative estimate of drug-likeness (QED) is 0.687. The molecular weight excluding hydrogens is 422 g/mol. The van der Waals surface area contributed by atoms with Crippen molar-refractivity contribution in [3.05, 3.63) is 70.9 Å². The number of hydrogen-bond donors (Lipinski definition) is 1. The Morgan fingerprint density at radius 2 is 1.82 bits per heavy atom. The van der Waals surface area contributed by atoms with Crippen LogP contribution in [0.5, 0.6) is 5.75 Å². The fourth-order valence-corrected chi connectivity index (χ4v) is 4.54. The average Bonchev–Trinajstić information content (AvgIpc) is 3.42. The van der Waals surface area contributed by atoms with Crippen molar-refractivity contribution in [1.82, 2.24) is 10.2 Å². The highest BCUT2D eigenvalue weighted by atomic mass is 16.5. The maximum absolute atomic E-state index is 13.1. The summed E-state index contributed by atoms with van der Waals surface area (Å²) < 4.78 is 10.8. The van der Waals surface area contributed by atoms with Gasteiger partial charge in [0, 0.05) is 18.7 Å². The third-order valence-electron chi connectivity index (χ3n) is 6.18. The van der Waals surface area contributed by atoms with Gasteiger partial charge in [-0.1, -0.05) is 24.3 Å². The number of amides is 3. The summed E-state index contributed by atoms with van der Waals surface area (Å²) in [6, 6.07) is 14.1. The highest BCUT2D eigenvalue weighted by molar-refractivity contribution is 5.97. The van der Waals surface area contributed by atoms with E-state index in [1.54, 1.807) is 9.80 Å². The van der Waals surface area contributed by atoms with Gasteiger partial charge in [-0.15, -0.1) is 0 Å². The molecule has 8 nitrogen and oxygen atoms in total. The van der Waals surface area contributed by atoms with Gasteiger partial charge in [-0.25, -0.2) is 9.59 Å². The summed E-state index contributed by atoms with van der Waals surface area (Å²) in [6.45, 7) is 3.57. The number of esters is 1. The number of nitrogens with zero attached hydrogens (tertiary/aromatic N) is 2. The molecule has 8 heteroatoms. The first-order valence-electron chi connectivity index (χ1n) is 11.2. The first-order chi connectivity index (χ1) is 16.0. The smallest absolute Gasteiger partial charge is 0.338 e. The molecule has 0 aliphatic carbocycles. The molecule has 3 heterocycles. The second-order valence-corrected chi connectivity index (χ2v) is 8.22. The molecule has 2 aromatic rings. The van der Waals surface area contributed by atoms with Crippen molar-refractivity contribution in [2.24, 2.45) is 0 Å². The Balaban J connectivity index is 1.39. The Morgan fingerprint density at radius 3 is 2.48 bits per heavy atom. The topological polar surface area (TPSA) is 88.2 Å². The van der Waals surface area contributed by atoms with Gasteiger partial charge in [-0.05, 0) is 48.7 Å². The predicted molar refractivity (Wildman–Crippen MR) is 120 cm³/mol. The summed E-state index contributed by atoms with van der Waals surface area (Å²) in [4.78, 5) is 40.9. The van der Waals surface area contributed by atoms with E-state index in [4.69, 9.17) is 9.47 Å². The van der Waals surface area contributed by atoms with Gasteiger partial charge in [0.25, 0.3) is 0 Å². The first-order valence-corrected chi connectivity index (χ1v) is 11.2. The van der Waals surface area contributed by atoms with E-state index < -0.39 is 12.0 Å². The van der Waals surface area contributed by atoms with E-state index in [1.807, 2.05) is 55.5 Å². The van der Waals surface area contributed by atoms with Crippen LogP contribution in [0.4, 0.5) is 10.5 Å². The van der Waals surface area contributed by atoms with E-state index in [2.05, 4.69) is 5.32 Å². The third kappa shape index (κ3) is 3.92. The molecule has 1 N–H and O–H groups in total. The summed E-state index contributed by atoms with van der Waals surface area (Å²) in [6.07, 6.45) is 1.45. The highest BCUT2D eigenvalue weighted by Crippen LogP contribution is 2.36. The Labute approximate surface area is 191 Å². The molecule has 0 aromatic heterocycles. The van der Waals surface area contributed by atoms with Gasteiger partial charge in [0.15, 0.2) is 0 Å². The molecule has 33 heavy (non-hydrogen) atoms. The summed E-state index contributed by atoms with van der Waals surface area (Å²) in [7, 11) is 0. The third-order valence-corrected chi connectivity index (χ3v) is 6.18. The monoisotopic (exact) mass is 447 g/mol. The molecule has 0 spiro atoms. The number of anilines is 1. The van der Waals surface area contributed by atoms with Crippen LogP contribution in [-0.4, -0.2) is 42.6 Å². The molecule has 0 radical (unpaired) electrons. The van der Waals surface area contributed by atoms with Crippen LogP contribution in [0.25, 0.3) is 0 Å². The van der Waals surface area contributed by atoms with Crippen LogP contribution in [0.1, 0.15) is 36.9 Å². The van der Waals surface area contributed by atoms with Crippen LogP contribution in [0, 0.1) is 0 Å². The number of rotatable bonds is 6. The van der Waals surface area contributed by atoms with E-state index in [-0.39, 0.29) is 18.5 Å². The Bertz CT molecular complexity index is 1120. The maximum Gasteiger partial charge on any atom is 0.338 e. The lowest BCUT2D eigenvalue weighted by atomic mass is 9.95. The van der Waals surface area contributed by atoms with Gasteiger partial charge in [0.2, 0.25) is 5.91 Å². The van der Waals surface area contributed by atoms with Crippen molar-refractivity contribution in [3.8, 4) is 5.75 Å². The zero-order valence-corrected chi connectivity index (χ0v) is 18.4. The SMILES string of the molecule is CCOc1ccc([C@H]2NC(=O)N(Cc3ccc(N4CCCC4=O)cc3)C3=C2C(=O)OC3)cc1. The number of carbonyl (C=O) groups excluding carboxylic acids is 3. The van der Waals surface area contributed by atoms with E-state index in [9.17, 15) is 14.4 Å². The number of nitrogens with one attached hydrogen (secondary N) is 1. The molecular formula is C25H25N3O5. The molecule has 170 valence electrons. The fraction of sp³-hybridized carbons (Fsp3) is 0.320. The van der Waals surface area contributed by atoms with Gasteiger partial charge in [-0.3, -0.25) is 9.69 Å². The maximum atomic E-state index is 13.1. The summed E-state index contributed by atoms with van der Waals surface area (Å²) in [5.41, 5.74) is 3.59. The van der Waals surface area contributed by atoms with E-state index in [0.29, 0.717) is 30.8 Å². The molecule has 5 rings (SSSR count). The summed E-state index contributed by atoms with van der Waals surface area (Å²) in [5.74, 6) is 0.443. The normalized spacial score (nSPS) is 20.2. The van der Waals surface area contributed by atoms with Gasteiger partial charge in [0.1, 0.15) is 12.4 Å². The zero-order chi connectivity index (χ0) is 22.9. The second kappa shape index (κ2) is 8.61. The number of cyclic esters (lactones) is 1.